The van der Waals surface area contributed by atoms with E-state index in [2.05, 4.69) is 34.0 Å². The molecule has 0 aliphatic carbocycles. The summed E-state index contributed by atoms with van der Waals surface area (Å²) in [7, 11) is 0. The van der Waals surface area contributed by atoms with Crippen molar-refractivity contribution in [1.82, 2.24) is 4.90 Å². The summed E-state index contributed by atoms with van der Waals surface area (Å²) in [6.07, 6.45) is 0.606. The molecule has 0 saturated heterocycles. The molecule has 3 aromatic rings. The first-order valence-electron chi connectivity index (χ1n) is 9.48. The molecule has 0 aliphatic rings. The van der Waals surface area contributed by atoms with Gasteiger partial charge in [0.15, 0.2) is 0 Å². The molecular formula is C25H24N2O. The lowest BCUT2D eigenvalue weighted by Gasteiger charge is -2.30. The van der Waals surface area contributed by atoms with Crippen molar-refractivity contribution >= 4 is 5.78 Å². The molecule has 3 aromatic carbocycles. The molecule has 0 heterocycles. The van der Waals surface area contributed by atoms with Crippen LogP contribution >= 0.6 is 0 Å². The molecule has 28 heavy (non-hydrogen) atoms. The quantitative estimate of drug-likeness (QED) is 0.507. The van der Waals surface area contributed by atoms with E-state index in [0.717, 1.165) is 16.7 Å². The summed E-state index contributed by atoms with van der Waals surface area (Å²) in [5.41, 5.74) is 3.43. The van der Waals surface area contributed by atoms with Crippen molar-refractivity contribution in [2.45, 2.75) is 25.6 Å². The number of ketones is 1. The predicted octanol–water partition coefficient (Wildman–Crippen LogP) is 4.79. The maximum atomic E-state index is 12.9. The average Bonchev–Trinajstić information content (AvgIpc) is 2.74. The van der Waals surface area contributed by atoms with Crippen LogP contribution in [0, 0.1) is 6.57 Å². The van der Waals surface area contributed by atoms with Crippen LogP contribution in [0.4, 0.5) is 0 Å². The number of carbonyl (C=O) groups is 1. The molecule has 0 aromatic heterocycles. The number of rotatable bonds is 9. The Balaban J connectivity index is 1.91. The van der Waals surface area contributed by atoms with Gasteiger partial charge >= 0.3 is 0 Å². The van der Waals surface area contributed by atoms with Gasteiger partial charge in [-0.05, 0) is 23.1 Å². The molecule has 0 aliphatic heterocycles. The second-order valence-electron chi connectivity index (χ2n) is 6.86. The minimum atomic E-state index is -0.336. The Morgan fingerprint density at radius 3 is 1.61 bits per heavy atom. The first-order valence-corrected chi connectivity index (χ1v) is 9.48. The number of benzene rings is 3. The fraction of sp³-hybridized carbons (Fsp3) is 0.200. The number of hydrogen-bond acceptors (Lipinski definition) is 2. The van der Waals surface area contributed by atoms with Gasteiger partial charge in [-0.1, -0.05) is 91.0 Å². The summed E-state index contributed by atoms with van der Waals surface area (Å²) in [5, 5.41) is 0. The SMILES string of the molecule is [C-]#[N+]CC(=O)[C@H](Cc1ccccc1)N(Cc1ccccc1)Cc1ccccc1. The molecule has 3 heteroatoms. The van der Waals surface area contributed by atoms with Gasteiger partial charge in [-0.25, -0.2) is 6.57 Å². The highest BCUT2D eigenvalue weighted by Gasteiger charge is 2.28. The summed E-state index contributed by atoms with van der Waals surface area (Å²) >= 11 is 0. The molecule has 0 saturated carbocycles. The van der Waals surface area contributed by atoms with Crippen molar-refractivity contribution in [3.05, 3.63) is 119 Å². The fourth-order valence-electron chi connectivity index (χ4n) is 3.38. The van der Waals surface area contributed by atoms with E-state index in [-0.39, 0.29) is 18.4 Å². The Morgan fingerprint density at radius 2 is 1.18 bits per heavy atom. The van der Waals surface area contributed by atoms with E-state index in [9.17, 15) is 4.79 Å². The largest absolute Gasteiger partial charge is 0.308 e. The van der Waals surface area contributed by atoms with Crippen molar-refractivity contribution in [2.75, 3.05) is 6.54 Å². The van der Waals surface area contributed by atoms with E-state index in [4.69, 9.17) is 6.57 Å². The maximum Gasteiger partial charge on any atom is 0.273 e. The van der Waals surface area contributed by atoms with E-state index in [0.29, 0.717) is 19.5 Å². The number of nitrogens with zero attached hydrogens (tertiary/aromatic N) is 2. The fourth-order valence-corrected chi connectivity index (χ4v) is 3.38. The van der Waals surface area contributed by atoms with E-state index in [1.807, 2.05) is 66.7 Å². The zero-order valence-corrected chi connectivity index (χ0v) is 15.9. The van der Waals surface area contributed by atoms with Crippen LogP contribution in [0.15, 0.2) is 91.0 Å². The van der Waals surface area contributed by atoms with Crippen LogP contribution in [0.5, 0.6) is 0 Å². The van der Waals surface area contributed by atoms with Crippen LogP contribution in [0.25, 0.3) is 4.85 Å². The van der Waals surface area contributed by atoms with E-state index in [1.54, 1.807) is 0 Å². The Kier molecular flexibility index (Phi) is 7.12. The first-order chi connectivity index (χ1) is 13.8. The minimum absolute atomic E-state index is 0.0225. The highest BCUT2D eigenvalue weighted by Crippen LogP contribution is 2.18. The Morgan fingerprint density at radius 1 is 0.750 bits per heavy atom. The molecule has 0 N–H and O–H groups in total. The van der Waals surface area contributed by atoms with Crippen LogP contribution < -0.4 is 0 Å². The van der Waals surface area contributed by atoms with Crippen molar-refractivity contribution in [3.63, 3.8) is 0 Å². The van der Waals surface area contributed by atoms with Crippen LogP contribution in [-0.2, 0) is 24.3 Å². The Hall–Kier alpha value is -3.22. The molecule has 140 valence electrons. The first kappa shape index (κ1) is 19.5. The minimum Gasteiger partial charge on any atom is -0.308 e. The highest BCUT2D eigenvalue weighted by molar-refractivity contribution is 5.87. The van der Waals surface area contributed by atoms with Crippen molar-refractivity contribution in [2.24, 2.45) is 0 Å². The monoisotopic (exact) mass is 368 g/mol. The molecule has 0 amide bonds. The van der Waals surface area contributed by atoms with E-state index in [1.165, 1.54) is 0 Å². The molecule has 0 bridgehead atoms. The van der Waals surface area contributed by atoms with Gasteiger partial charge in [0.05, 0.1) is 6.04 Å². The van der Waals surface area contributed by atoms with Gasteiger partial charge < -0.3 is 4.85 Å². The van der Waals surface area contributed by atoms with Crippen LogP contribution in [0.3, 0.4) is 0 Å². The van der Waals surface area contributed by atoms with Crippen LogP contribution in [0.1, 0.15) is 16.7 Å². The van der Waals surface area contributed by atoms with Crippen LogP contribution in [0.2, 0.25) is 0 Å². The van der Waals surface area contributed by atoms with Gasteiger partial charge in [-0.2, -0.15) is 0 Å². The van der Waals surface area contributed by atoms with Gasteiger partial charge in [0.2, 0.25) is 5.78 Å². The molecule has 0 spiro atoms. The maximum absolute atomic E-state index is 12.9. The molecule has 3 rings (SSSR count). The smallest absolute Gasteiger partial charge is 0.273 e. The molecule has 0 radical (unpaired) electrons. The molecular weight excluding hydrogens is 344 g/mol. The molecule has 1 atom stereocenters. The third-order valence-electron chi connectivity index (χ3n) is 4.78. The summed E-state index contributed by atoms with van der Waals surface area (Å²) in [5.74, 6) is -0.0225. The third-order valence-corrected chi connectivity index (χ3v) is 4.78. The summed E-state index contributed by atoms with van der Waals surface area (Å²) in [4.78, 5) is 18.5. The van der Waals surface area contributed by atoms with Gasteiger partial charge in [0.1, 0.15) is 0 Å². The second kappa shape index (κ2) is 10.2. The zero-order valence-electron chi connectivity index (χ0n) is 15.9. The standard InChI is InChI=1S/C25H24N2O/c1-26-18-25(28)24(17-21-11-5-2-6-12-21)27(19-22-13-7-3-8-14-22)20-23-15-9-4-10-16-23/h2-16,24H,17-20H2/t24-/m0/s1. The number of hydrogen-bond donors (Lipinski definition) is 0. The zero-order chi connectivity index (χ0) is 19.6. The van der Waals surface area contributed by atoms with Crippen molar-refractivity contribution in [1.29, 1.82) is 0 Å². The molecule has 3 nitrogen and oxygen atoms in total. The number of carbonyl (C=O) groups excluding carboxylic acids is 1. The number of Topliss-reactive ketones (excluding diaryl/α,β-unsaturated/α-hetero) is 1. The molecule has 0 fully saturated rings. The van der Waals surface area contributed by atoms with Crippen molar-refractivity contribution in [3.8, 4) is 0 Å². The van der Waals surface area contributed by atoms with Gasteiger partial charge in [-0.15, -0.1) is 0 Å². The van der Waals surface area contributed by atoms with Gasteiger partial charge in [0.25, 0.3) is 6.54 Å². The van der Waals surface area contributed by atoms with Gasteiger partial charge in [-0.3, -0.25) is 9.69 Å². The Bertz CT molecular complexity index is 860. The lowest BCUT2D eigenvalue weighted by Crippen LogP contribution is -2.43. The van der Waals surface area contributed by atoms with Crippen LogP contribution in [-0.4, -0.2) is 23.3 Å². The predicted molar refractivity (Wildman–Crippen MR) is 113 cm³/mol. The summed E-state index contributed by atoms with van der Waals surface area (Å²) in [6.45, 7) is 8.42. The lowest BCUT2D eigenvalue weighted by molar-refractivity contribution is -0.122. The van der Waals surface area contributed by atoms with E-state index >= 15 is 0 Å². The lowest BCUT2D eigenvalue weighted by atomic mass is 9.99. The summed E-state index contributed by atoms with van der Waals surface area (Å²) < 4.78 is 0. The Labute approximate surface area is 167 Å². The van der Waals surface area contributed by atoms with Gasteiger partial charge in [0, 0.05) is 13.1 Å². The average molecular weight is 368 g/mol. The van der Waals surface area contributed by atoms with E-state index < -0.39 is 0 Å². The highest BCUT2D eigenvalue weighted by atomic mass is 16.1. The third kappa shape index (κ3) is 5.64. The van der Waals surface area contributed by atoms with Crippen molar-refractivity contribution < 1.29 is 4.79 Å². The summed E-state index contributed by atoms with van der Waals surface area (Å²) in [6, 6.07) is 30.1. The topological polar surface area (TPSA) is 24.7 Å². The second-order valence-corrected chi connectivity index (χ2v) is 6.86. The molecule has 0 unspecified atom stereocenters. The normalized spacial score (nSPS) is 11.7.